The van der Waals surface area contributed by atoms with Crippen molar-refractivity contribution in [2.75, 3.05) is 38.0 Å². The first-order valence-corrected chi connectivity index (χ1v) is 7.62. The molecule has 110 valence electrons. The average Bonchev–Trinajstić information content (AvgIpc) is 2.63. The zero-order valence-electron chi connectivity index (χ0n) is 11.9. The molecule has 7 heteroatoms. The van der Waals surface area contributed by atoms with Crippen molar-refractivity contribution in [2.45, 2.75) is 20.3 Å². The minimum absolute atomic E-state index is 0.0457. The van der Waals surface area contributed by atoms with Crippen LogP contribution in [0, 0.1) is 6.92 Å². The van der Waals surface area contributed by atoms with Gasteiger partial charge in [0.15, 0.2) is 5.13 Å². The molecule has 1 aliphatic rings. The molecule has 1 N–H and O–H groups in total. The molecule has 1 aromatic heterocycles. The van der Waals surface area contributed by atoms with Crippen LogP contribution in [0.4, 0.5) is 5.13 Å². The molecule has 0 atom stereocenters. The Bertz CT molecular complexity index is 488. The van der Waals surface area contributed by atoms with Gasteiger partial charge in [0.05, 0.1) is 12.2 Å². The molecule has 2 rings (SSSR count). The molecule has 1 fully saturated rings. The van der Waals surface area contributed by atoms with Gasteiger partial charge in [0, 0.05) is 38.5 Å². The first-order chi connectivity index (χ1) is 9.54. The molecule has 0 spiro atoms. The van der Waals surface area contributed by atoms with Crippen LogP contribution in [0.5, 0.6) is 0 Å². The molecule has 2 amide bonds. The summed E-state index contributed by atoms with van der Waals surface area (Å²) in [7, 11) is 0. The van der Waals surface area contributed by atoms with E-state index in [0.29, 0.717) is 18.2 Å². The van der Waals surface area contributed by atoms with Gasteiger partial charge < -0.3 is 10.2 Å². The van der Waals surface area contributed by atoms with Gasteiger partial charge in [-0.3, -0.25) is 14.5 Å². The maximum Gasteiger partial charge on any atom is 0.240 e. The van der Waals surface area contributed by atoms with Gasteiger partial charge in [0.25, 0.3) is 0 Å². The number of aryl methyl sites for hydroxylation is 1. The van der Waals surface area contributed by atoms with E-state index in [1.807, 2.05) is 17.2 Å². The number of rotatable bonds is 3. The number of thiazole rings is 1. The van der Waals surface area contributed by atoms with E-state index >= 15 is 0 Å². The van der Waals surface area contributed by atoms with Gasteiger partial charge >= 0.3 is 0 Å². The Morgan fingerprint density at radius 3 is 2.80 bits per heavy atom. The maximum absolute atomic E-state index is 12.0. The molecule has 20 heavy (non-hydrogen) atoms. The lowest BCUT2D eigenvalue weighted by Crippen LogP contribution is -2.37. The molecule has 0 saturated carbocycles. The third kappa shape index (κ3) is 4.28. The largest absolute Gasteiger partial charge is 0.342 e. The van der Waals surface area contributed by atoms with Crippen molar-refractivity contribution in [3.63, 3.8) is 0 Å². The Labute approximate surface area is 122 Å². The summed E-state index contributed by atoms with van der Waals surface area (Å²) in [5.41, 5.74) is 0.914. The highest BCUT2D eigenvalue weighted by Gasteiger charge is 2.18. The molecule has 1 aliphatic heterocycles. The number of aromatic nitrogens is 1. The summed E-state index contributed by atoms with van der Waals surface area (Å²) in [6, 6.07) is 0. The molecular formula is C13H20N4O2S. The zero-order chi connectivity index (χ0) is 14.5. The average molecular weight is 296 g/mol. The number of carbonyl (C=O) groups is 2. The summed E-state index contributed by atoms with van der Waals surface area (Å²) in [5.74, 6) is 0.0604. The predicted octanol–water partition coefficient (Wildman–Crippen LogP) is 0.944. The van der Waals surface area contributed by atoms with Crippen LogP contribution in [-0.4, -0.2) is 59.3 Å². The molecule has 0 radical (unpaired) electrons. The normalized spacial score (nSPS) is 16.8. The van der Waals surface area contributed by atoms with E-state index in [9.17, 15) is 9.59 Å². The second kappa shape index (κ2) is 6.81. The predicted molar refractivity (Wildman–Crippen MR) is 78.8 cm³/mol. The van der Waals surface area contributed by atoms with Crippen molar-refractivity contribution in [3.05, 3.63) is 11.1 Å². The fraction of sp³-hybridized carbons (Fsp3) is 0.615. The van der Waals surface area contributed by atoms with E-state index in [1.165, 1.54) is 11.3 Å². The van der Waals surface area contributed by atoms with E-state index in [1.54, 1.807) is 6.92 Å². The minimum atomic E-state index is -0.0457. The molecular weight excluding hydrogens is 276 g/mol. The van der Waals surface area contributed by atoms with E-state index in [2.05, 4.69) is 15.2 Å². The molecule has 1 saturated heterocycles. The third-order valence-corrected chi connectivity index (χ3v) is 4.14. The van der Waals surface area contributed by atoms with Crippen molar-refractivity contribution in [2.24, 2.45) is 0 Å². The van der Waals surface area contributed by atoms with Crippen molar-refractivity contribution >= 4 is 28.3 Å². The van der Waals surface area contributed by atoms with Crippen molar-refractivity contribution in [1.29, 1.82) is 0 Å². The zero-order valence-corrected chi connectivity index (χ0v) is 12.7. The van der Waals surface area contributed by atoms with Gasteiger partial charge in [-0.25, -0.2) is 4.98 Å². The first kappa shape index (κ1) is 14.9. The smallest absolute Gasteiger partial charge is 0.240 e. The Balaban J connectivity index is 1.81. The van der Waals surface area contributed by atoms with Crippen LogP contribution < -0.4 is 5.32 Å². The van der Waals surface area contributed by atoms with Crippen LogP contribution in [0.2, 0.25) is 0 Å². The standard InChI is InChI=1S/C13H20N4O2S/c1-10-9-20-13(14-10)15-12(19)8-16-4-3-5-17(7-6-16)11(2)18/h9H,3-8H2,1-2H3,(H,14,15,19). The molecule has 1 aromatic rings. The summed E-state index contributed by atoms with van der Waals surface area (Å²) in [6.07, 6.45) is 0.906. The number of hydrogen-bond donors (Lipinski definition) is 1. The van der Waals surface area contributed by atoms with E-state index in [0.717, 1.165) is 31.7 Å². The SMILES string of the molecule is CC(=O)N1CCCN(CC(=O)Nc2nc(C)cs2)CC1. The van der Waals surface area contributed by atoms with Crippen LogP contribution >= 0.6 is 11.3 Å². The fourth-order valence-electron chi connectivity index (χ4n) is 2.22. The summed E-state index contributed by atoms with van der Waals surface area (Å²) in [4.78, 5) is 31.4. The topological polar surface area (TPSA) is 65.5 Å². The van der Waals surface area contributed by atoms with E-state index in [4.69, 9.17) is 0 Å². The van der Waals surface area contributed by atoms with Gasteiger partial charge in [-0.2, -0.15) is 0 Å². The Morgan fingerprint density at radius 1 is 1.35 bits per heavy atom. The van der Waals surface area contributed by atoms with Gasteiger partial charge in [-0.15, -0.1) is 11.3 Å². The van der Waals surface area contributed by atoms with Crippen LogP contribution in [0.1, 0.15) is 19.0 Å². The summed E-state index contributed by atoms with van der Waals surface area (Å²) in [6.45, 7) is 6.89. The summed E-state index contributed by atoms with van der Waals surface area (Å²) < 4.78 is 0. The number of amides is 2. The monoisotopic (exact) mass is 296 g/mol. The first-order valence-electron chi connectivity index (χ1n) is 6.74. The Kier molecular flexibility index (Phi) is 5.08. The van der Waals surface area contributed by atoms with Gasteiger partial charge in [0.1, 0.15) is 0 Å². The molecule has 0 bridgehead atoms. The lowest BCUT2D eigenvalue weighted by molar-refractivity contribution is -0.128. The molecule has 6 nitrogen and oxygen atoms in total. The third-order valence-electron chi connectivity index (χ3n) is 3.27. The van der Waals surface area contributed by atoms with Gasteiger partial charge in [-0.1, -0.05) is 0 Å². The second-order valence-corrected chi connectivity index (χ2v) is 5.84. The highest BCUT2D eigenvalue weighted by molar-refractivity contribution is 7.13. The van der Waals surface area contributed by atoms with Crippen LogP contribution in [0.15, 0.2) is 5.38 Å². The van der Waals surface area contributed by atoms with Crippen LogP contribution in [0.25, 0.3) is 0 Å². The quantitative estimate of drug-likeness (QED) is 0.902. The Hall–Kier alpha value is -1.47. The number of nitrogens with zero attached hydrogens (tertiary/aromatic N) is 3. The van der Waals surface area contributed by atoms with Crippen molar-refractivity contribution < 1.29 is 9.59 Å². The summed E-state index contributed by atoms with van der Waals surface area (Å²) in [5, 5.41) is 5.37. The van der Waals surface area contributed by atoms with Crippen LogP contribution in [0.3, 0.4) is 0 Å². The molecule has 0 aromatic carbocycles. The number of anilines is 1. The molecule has 2 heterocycles. The van der Waals surface area contributed by atoms with Crippen LogP contribution in [-0.2, 0) is 9.59 Å². The highest BCUT2D eigenvalue weighted by atomic mass is 32.1. The summed E-state index contributed by atoms with van der Waals surface area (Å²) >= 11 is 1.43. The fourth-order valence-corrected chi connectivity index (χ4v) is 2.92. The molecule has 0 aliphatic carbocycles. The van der Waals surface area contributed by atoms with Crippen molar-refractivity contribution in [1.82, 2.24) is 14.8 Å². The minimum Gasteiger partial charge on any atom is -0.342 e. The maximum atomic E-state index is 12.0. The van der Waals surface area contributed by atoms with E-state index < -0.39 is 0 Å². The number of nitrogens with one attached hydrogen (secondary N) is 1. The number of hydrogen-bond acceptors (Lipinski definition) is 5. The Morgan fingerprint density at radius 2 is 2.15 bits per heavy atom. The van der Waals surface area contributed by atoms with Crippen molar-refractivity contribution in [3.8, 4) is 0 Å². The lowest BCUT2D eigenvalue weighted by atomic mass is 10.3. The van der Waals surface area contributed by atoms with Gasteiger partial charge in [-0.05, 0) is 13.3 Å². The number of carbonyl (C=O) groups excluding carboxylic acids is 2. The lowest BCUT2D eigenvalue weighted by Gasteiger charge is -2.20. The van der Waals surface area contributed by atoms with E-state index in [-0.39, 0.29) is 11.8 Å². The van der Waals surface area contributed by atoms with Gasteiger partial charge in [0.2, 0.25) is 11.8 Å². The second-order valence-electron chi connectivity index (χ2n) is 4.98. The highest BCUT2D eigenvalue weighted by Crippen LogP contribution is 2.14. The molecule has 0 unspecified atom stereocenters.